The van der Waals surface area contributed by atoms with Gasteiger partial charge in [-0.15, -0.1) is 0 Å². The molecule has 1 aliphatic rings. The molecule has 14 heavy (non-hydrogen) atoms. The minimum absolute atomic E-state index is 0.0719. The summed E-state index contributed by atoms with van der Waals surface area (Å²) < 4.78 is 6.61. The molecule has 1 saturated heterocycles. The summed E-state index contributed by atoms with van der Waals surface area (Å²) >= 11 is 0.0719. The number of carboxylic acids is 2. The van der Waals surface area contributed by atoms with E-state index in [4.69, 9.17) is 22.9 Å². The zero-order valence-electron chi connectivity index (χ0n) is 8.36. The van der Waals surface area contributed by atoms with E-state index in [1.54, 1.807) is 0 Å². The summed E-state index contributed by atoms with van der Waals surface area (Å²) in [4.78, 5) is 18.0. The van der Waals surface area contributed by atoms with E-state index in [0.717, 1.165) is 20.5 Å². The maximum absolute atomic E-state index is 9.00. The van der Waals surface area contributed by atoms with Crippen LogP contribution in [0.4, 0.5) is 0 Å². The Morgan fingerprint density at radius 1 is 1.14 bits per heavy atom. The Hall–Kier alpha value is -0.310. The van der Waals surface area contributed by atoms with Crippen molar-refractivity contribution >= 4 is 33.3 Å². The number of carbonyl (C=O) groups is 2. The van der Waals surface area contributed by atoms with Crippen molar-refractivity contribution in [1.29, 1.82) is 0 Å². The summed E-state index contributed by atoms with van der Waals surface area (Å²) in [5.41, 5.74) is 0. The number of rotatable bonds is 0. The van der Waals surface area contributed by atoms with Gasteiger partial charge in [0, 0.05) is 13.8 Å². The molecular formula is C8H16O5Te. The van der Waals surface area contributed by atoms with Crippen molar-refractivity contribution in [3.63, 3.8) is 0 Å². The van der Waals surface area contributed by atoms with Crippen LogP contribution in [0.5, 0.6) is 0 Å². The van der Waals surface area contributed by atoms with Gasteiger partial charge in [0.1, 0.15) is 0 Å². The van der Waals surface area contributed by atoms with Crippen LogP contribution >= 0.6 is 0 Å². The number of hydrogen-bond acceptors (Lipinski definition) is 3. The molecule has 6 heteroatoms. The molecular weight excluding hydrogens is 304 g/mol. The van der Waals surface area contributed by atoms with Crippen LogP contribution in [-0.4, -0.2) is 50.1 Å². The van der Waals surface area contributed by atoms with Crippen LogP contribution in [0, 0.1) is 0 Å². The fourth-order valence-electron chi connectivity index (χ4n) is 0.440. The molecule has 5 nitrogen and oxygen atoms in total. The Morgan fingerprint density at radius 3 is 1.64 bits per heavy atom. The maximum Gasteiger partial charge on any atom is 0.300 e. The van der Waals surface area contributed by atoms with Gasteiger partial charge in [0.05, 0.1) is 0 Å². The summed E-state index contributed by atoms with van der Waals surface area (Å²) in [6.07, 6.45) is 2.74. The first-order valence-corrected chi connectivity index (χ1v) is 6.70. The summed E-state index contributed by atoms with van der Waals surface area (Å²) in [5.74, 6) is -1.67. The van der Waals surface area contributed by atoms with Gasteiger partial charge in [-0.05, 0) is 0 Å². The molecule has 0 aromatic heterocycles. The predicted molar refractivity (Wildman–Crippen MR) is 52.4 cm³/mol. The molecule has 0 saturated carbocycles. The fourth-order valence-corrected chi connectivity index (χ4v) is 2.37. The molecule has 0 aromatic carbocycles. The molecule has 0 atom stereocenters. The minimum Gasteiger partial charge on any atom is -0.481 e. The standard InChI is InChI=1S/C4H8OTe.2C2H4O2/c1-2-4-6-5-3-1;2*1-2(3)4/h1-4H2;2*1H3,(H,3,4). The van der Waals surface area contributed by atoms with Gasteiger partial charge in [0.2, 0.25) is 0 Å². The molecule has 0 amide bonds. The third kappa shape index (κ3) is 41.3. The molecule has 0 unspecified atom stereocenters. The Kier molecular flexibility index (Phi) is 14.6. The average Bonchev–Trinajstić information content (AvgIpc) is 2.05. The molecule has 0 aromatic rings. The summed E-state index contributed by atoms with van der Waals surface area (Å²) in [6.45, 7) is 3.22. The smallest absolute Gasteiger partial charge is 0.300 e. The molecule has 1 aliphatic heterocycles. The van der Waals surface area contributed by atoms with Crippen LogP contribution < -0.4 is 0 Å². The Morgan fingerprint density at radius 2 is 1.57 bits per heavy atom. The van der Waals surface area contributed by atoms with Gasteiger partial charge in [-0.1, -0.05) is 0 Å². The van der Waals surface area contributed by atoms with Crippen molar-refractivity contribution < 1.29 is 22.9 Å². The zero-order valence-corrected chi connectivity index (χ0v) is 10.7. The van der Waals surface area contributed by atoms with Gasteiger partial charge < -0.3 is 10.2 Å². The Balaban J connectivity index is 0. The molecule has 0 radical (unpaired) electrons. The first kappa shape index (κ1) is 16.1. The molecule has 2 N–H and O–H groups in total. The van der Waals surface area contributed by atoms with Crippen molar-refractivity contribution in [2.45, 2.75) is 31.2 Å². The van der Waals surface area contributed by atoms with Crippen LogP contribution in [-0.2, 0) is 12.7 Å². The van der Waals surface area contributed by atoms with Gasteiger partial charge in [-0.3, -0.25) is 9.59 Å². The summed E-state index contributed by atoms with van der Waals surface area (Å²) in [5, 5.41) is 14.8. The largest absolute Gasteiger partial charge is 0.481 e. The monoisotopic (exact) mass is 322 g/mol. The van der Waals surface area contributed by atoms with E-state index < -0.39 is 11.9 Å². The summed E-state index contributed by atoms with van der Waals surface area (Å²) in [6, 6.07) is 0. The van der Waals surface area contributed by atoms with Crippen LogP contribution in [0.1, 0.15) is 26.7 Å². The second-order valence-corrected chi connectivity index (χ2v) is 4.90. The van der Waals surface area contributed by atoms with Crippen molar-refractivity contribution in [3.8, 4) is 0 Å². The predicted octanol–water partition coefficient (Wildman–Crippen LogP) is 1.02. The Bertz CT molecular complexity index is 124. The maximum atomic E-state index is 9.00. The first-order valence-electron chi connectivity index (χ1n) is 4.10. The van der Waals surface area contributed by atoms with Gasteiger partial charge in [0.25, 0.3) is 11.9 Å². The van der Waals surface area contributed by atoms with Gasteiger partial charge in [-0.2, -0.15) is 0 Å². The number of carboxylic acid groups (broad SMARTS) is 2. The molecule has 1 heterocycles. The molecule has 0 aliphatic carbocycles. The van der Waals surface area contributed by atoms with E-state index in [0.29, 0.717) is 0 Å². The van der Waals surface area contributed by atoms with Crippen molar-refractivity contribution in [2.24, 2.45) is 0 Å². The van der Waals surface area contributed by atoms with Crippen molar-refractivity contribution in [1.82, 2.24) is 0 Å². The SMILES string of the molecule is C1CC[Te]OC1.CC(=O)O.CC(=O)O. The number of aliphatic carboxylic acids is 2. The molecule has 0 bridgehead atoms. The minimum atomic E-state index is -0.833. The molecule has 1 fully saturated rings. The van der Waals surface area contributed by atoms with E-state index >= 15 is 0 Å². The molecule has 0 spiro atoms. The van der Waals surface area contributed by atoms with Gasteiger partial charge in [-0.25, -0.2) is 0 Å². The Labute approximate surface area is 94.1 Å². The second kappa shape index (κ2) is 12.7. The third-order valence-electron chi connectivity index (χ3n) is 0.789. The van der Waals surface area contributed by atoms with Crippen molar-refractivity contribution in [2.75, 3.05) is 6.61 Å². The van der Waals surface area contributed by atoms with Gasteiger partial charge >= 0.3 is 48.4 Å². The zero-order chi connectivity index (χ0) is 11.4. The first-order chi connectivity index (χ1) is 6.46. The van der Waals surface area contributed by atoms with E-state index in [2.05, 4.69) is 0 Å². The number of hydrogen-bond donors (Lipinski definition) is 2. The van der Waals surface area contributed by atoms with E-state index in [-0.39, 0.29) is 21.3 Å². The van der Waals surface area contributed by atoms with Crippen LogP contribution in [0.3, 0.4) is 0 Å². The van der Waals surface area contributed by atoms with Crippen LogP contribution in [0.25, 0.3) is 0 Å². The molecule has 1 rings (SSSR count). The topological polar surface area (TPSA) is 83.8 Å². The van der Waals surface area contributed by atoms with Gasteiger partial charge in [0.15, 0.2) is 0 Å². The second-order valence-electron chi connectivity index (χ2n) is 2.39. The average molecular weight is 320 g/mol. The van der Waals surface area contributed by atoms with Crippen LogP contribution in [0.2, 0.25) is 4.47 Å². The van der Waals surface area contributed by atoms with Crippen molar-refractivity contribution in [3.05, 3.63) is 0 Å². The molecule has 84 valence electrons. The van der Waals surface area contributed by atoms with E-state index in [1.807, 2.05) is 0 Å². The normalized spacial score (nSPS) is 13.9. The third-order valence-corrected chi connectivity index (χ3v) is 3.04. The van der Waals surface area contributed by atoms with Crippen LogP contribution in [0.15, 0.2) is 0 Å². The van der Waals surface area contributed by atoms with E-state index in [9.17, 15) is 0 Å². The quantitative estimate of drug-likeness (QED) is 0.651. The van der Waals surface area contributed by atoms with E-state index in [1.165, 1.54) is 17.3 Å². The fraction of sp³-hybridized carbons (Fsp3) is 0.750. The summed E-state index contributed by atoms with van der Waals surface area (Å²) in [7, 11) is 0.